The number of amides is 2. The number of nitrogens with one attached hydrogen (secondary N) is 2. The van der Waals surface area contributed by atoms with E-state index in [9.17, 15) is 9.59 Å². The molecule has 2 amide bonds. The van der Waals surface area contributed by atoms with Crippen LogP contribution in [0.25, 0.3) is 0 Å². The Labute approximate surface area is 154 Å². The van der Waals surface area contributed by atoms with Crippen molar-refractivity contribution in [3.8, 4) is 5.75 Å². The second kappa shape index (κ2) is 10.0. The number of carbonyl (C=O) groups excluding carboxylic acids is 2. The van der Waals surface area contributed by atoms with Crippen LogP contribution in [0.1, 0.15) is 40.5 Å². The molecule has 2 rings (SSSR count). The van der Waals surface area contributed by atoms with Crippen molar-refractivity contribution in [3.63, 3.8) is 0 Å². The molecular formula is C21H24N2O3. The Kier molecular flexibility index (Phi) is 7.43. The summed E-state index contributed by atoms with van der Waals surface area (Å²) in [7, 11) is 0. The number of rotatable bonds is 9. The molecule has 5 heteroatoms. The Bertz CT molecular complexity index is 771. The van der Waals surface area contributed by atoms with Gasteiger partial charge in [0, 0.05) is 6.54 Å². The quantitative estimate of drug-likeness (QED) is 0.529. The number of para-hydroxylation sites is 2. The van der Waals surface area contributed by atoms with Gasteiger partial charge in [0.05, 0.1) is 23.4 Å². The van der Waals surface area contributed by atoms with E-state index in [4.69, 9.17) is 4.74 Å². The van der Waals surface area contributed by atoms with Crippen molar-refractivity contribution in [2.45, 2.75) is 19.8 Å². The minimum absolute atomic E-state index is 0.270. The summed E-state index contributed by atoms with van der Waals surface area (Å²) in [5.74, 6) is -0.0543. The molecule has 5 nitrogen and oxygen atoms in total. The van der Waals surface area contributed by atoms with Crippen LogP contribution in [0.4, 0.5) is 5.69 Å². The Morgan fingerprint density at radius 2 is 1.73 bits per heavy atom. The third-order valence-electron chi connectivity index (χ3n) is 3.71. The van der Waals surface area contributed by atoms with E-state index in [0.29, 0.717) is 35.7 Å². The lowest BCUT2D eigenvalue weighted by atomic mass is 10.1. The SMILES string of the molecule is C=CCNC(=O)c1ccccc1NC(=O)c1ccccc1OCCCC. The predicted molar refractivity (Wildman–Crippen MR) is 104 cm³/mol. The molecule has 0 aliphatic heterocycles. The average Bonchev–Trinajstić information content (AvgIpc) is 2.67. The predicted octanol–water partition coefficient (Wildman–Crippen LogP) is 4.03. The van der Waals surface area contributed by atoms with E-state index in [1.165, 1.54) is 0 Å². The molecule has 26 heavy (non-hydrogen) atoms. The molecule has 2 aromatic rings. The van der Waals surface area contributed by atoms with E-state index in [0.717, 1.165) is 12.8 Å². The third-order valence-corrected chi connectivity index (χ3v) is 3.71. The van der Waals surface area contributed by atoms with Gasteiger partial charge in [-0.05, 0) is 30.7 Å². The number of anilines is 1. The maximum Gasteiger partial charge on any atom is 0.259 e. The van der Waals surface area contributed by atoms with Gasteiger partial charge in [0.1, 0.15) is 5.75 Å². The molecule has 2 N–H and O–H groups in total. The van der Waals surface area contributed by atoms with Gasteiger partial charge in [0.25, 0.3) is 11.8 Å². The maximum atomic E-state index is 12.7. The first kappa shape index (κ1) is 19.2. The molecule has 0 bridgehead atoms. The van der Waals surface area contributed by atoms with Gasteiger partial charge in [-0.2, -0.15) is 0 Å². The second-order valence-corrected chi connectivity index (χ2v) is 5.70. The highest BCUT2D eigenvalue weighted by Gasteiger charge is 2.16. The summed E-state index contributed by atoms with van der Waals surface area (Å²) in [6.45, 7) is 6.57. The number of ether oxygens (including phenoxy) is 1. The lowest BCUT2D eigenvalue weighted by Gasteiger charge is -2.13. The van der Waals surface area contributed by atoms with Crippen LogP contribution in [0, 0.1) is 0 Å². The van der Waals surface area contributed by atoms with Crippen LogP contribution in [0.5, 0.6) is 5.75 Å². The van der Waals surface area contributed by atoms with Gasteiger partial charge in [-0.1, -0.05) is 43.7 Å². The Morgan fingerprint density at radius 3 is 2.46 bits per heavy atom. The van der Waals surface area contributed by atoms with Crippen molar-refractivity contribution in [3.05, 3.63) is 72.3 Å². The molecule has 0 heterocycles. The summed E-state index contributed by atoms with van der Waals surface area (Å²) >= 11 is 0. The smallest absolute Gasteiger partial charge is 0.259 e. The lowest BCUT2D eigenvalue weighted by molar-refractivity contribution is 0.0959. The number of benzene rings is 2. The van der Waals surface area contributed by atoms with Crippen LogP contribution in [0.3, 0.4) is 0 Å². The summed E-state index contributed by atoms with van der Waals surface area (Å²) in [5.41, 5.74) is 1.28. The van der Waals surface area contributed by atoms with E-state index < -0.39 is 0 Å². The number of carbonyl (C=O) groups is 2. The largest absolute Gasteiger partial charge is 0.493 e. The first-order valence-electron chi connectivity index (χ1n) is 8.68. The van der Waals surface area contributed by atoms with E-state index >= 15 is 0 Å². The minimum Gasteiger partial charge on any atom is -0.493 e. The van der Waals surface area contributed by atoms with Crippen molar-refractivity contribution in [2.75, 3.05) is 18.5 Å². The van der Waals surface area contributed by atoms with Crippen LogP contribution in [0.15, 0.2) is 61.2 Å². The fourth-order valence-electron chi connectivity index (χ4n) is 2.35. The maximum absolute atomic E-state index is 12.7. The Hall–Kier alpha value is -3.08. The number of unbranched alkanes of at least 4 members (excludes halogenated alkanes) is 1. The van der Waals surface area contributed by atoms with E-state index in [-0.39, 0.29) is 11.8 Å². The Balaban J connectivity index is 2.18. The fourth-order valence-corrected chi connectivity index (χ4v) is 2.35. The van der Waals surface area contributed by atoms with Gasteiger partial charge in [0.2, 0.25) is 0 Å². The van der Waals surface area contributed by atoms with E-state index in [2.05, 4.69) is 24.1 Å². The van der Waals surface area contributed by atoms with E-state index in [1.807, 2.05) is 6.07 Å². The molecule has 0 unspecified atom stereocenters. The summed E-state index contributed by atoms with van der Waals surface area (Å²) in [6, 6.07) is 14.0. The highest BCUT2D eigenvalue weighted by molar-refractivity contribution is 6.10. The van der Waals surface area contributed by atoms with Crippen molar-refractivity contribution in [1.82, 2.24) is 5.32 Å². The summed E-state index contributed by atoms with van der Waals surface area (Å²) in [6.07, 6.45) is 3.53. The molecule has 2 aromatic carbocycles. The molecule has 0 saturated carbocycles. The average molecular weight is 352 g/mol. The van der Waals surface area contributed by atoms with Gasteiger partial charge in [-0.3, -0.25) is 9.59 Å². The highest BCUT2D eigenvalue weighted by Crippen LogP contribution is 2.22. The first-order valence-corrected chi connectivity index (χ1v) is 8.68. The van der Waals surface area contributed by atoms with Crippen molar-refractivity contribution in [1.29, 1.82) is 0 Å². The van der Waals surface area contributed by atoms with E-state index in [1.54, 1.807) is 48.5 Å². The van der Waals surface area contributed by atoms with Crippen LogP contribution in [-0.4, -0.2) is 25.0 Å². The van der Waals surface area contributed by atoms with Crippen molar-refractivity contribution < 1.29 is 14.3 Å². The zero-order valence-corrected chi connectivity index (χ0v) is 15.0. The lowest BCUT2D eigenvalue weighted by Crippen LogP contribution is -2.25. The summed E-state index contributed by atoms with van der Waals surface area (Å²) in [5, 5.41) is 5.52. The number of hydrogen-bond donors (Lipinski definition) is 2. The van der Waals surface area contributed by atoms with Crippen LogP contribution < -0.4 is 15.4 Å². The zero-order chi connectivity index (χ0) is 18.8. The standard InChI is InChI=1S/C21H24N2O3/c1-3-5-15-26-19-13-9-7-11-17(19)21(25)23-18-12-8-6-10-16(18)20(24)22-14-4-2/h4,6-13H,2-3,5,14-15H2,1H3,(H,22,24)(H,23,25). The number of hydrogen-bond acceptors (Lipinski definition) is 3. The topological polar surface area (TPSA) is 67.4 Å². The molecule has 0 atom stereocenters. The molecule has 136 valence electrons. The second-order valence-electron chi connectivity index (χ2n) is 5.70. The molecule has 0 aliphatic rings. The molecule has 0 spiro atoms. The van der Waals surface area contributed by atoms with Crippen molar-refractivity contribution in [2.24, 2.45) is 0 Å². The van der Waals surface area contributed by atoms with Crippen molar-refractivity contribution >= 4 is 17.5 Å². The highest BCUT2D eigenvalue weighted by atomic mass is 16.5. The Morgan fingerprint density at radius 1 is 1.04 bits per heavy atom. The van der Waals surface area contributed by atoms with Crippen LogP contribution in [0.2, 0.25) is 0 Å². The third kappa shape index (κ3) is 5.21. The molecule has 0 aliphatic carbocycles. The first-order chi connectivity index (χ1) is 12.7. The van der Waals surface area contributed by atoms with Crippen LogP contribution in [-0.2, 0) is 0 Å². The fraction of sp³-hybridized carbons (Fsp3) is 0.238. The molecule has 0 radical (unpaired) electrons. The molecule has 0 aromatic heterocycles. The van der Waals surface area contributed by atoms with Gasteiger partial charge in [-0.15, -0.1) is 6.58 Å². The normalized spacial score (nSPS) is 10.0. The minimum atomic E-state index is -0.318. The molecular weight excluding hydrogens is 328 g/mol. The summed E-state index contributed by atoms with van der Waals surface area (Å²) < 4.78 is 5.72. The van der Waals surface area contributed by atoms with Gasteiger partial charge < -0.3 is 15.4 Å². The summed E-state index contributed by atoms with van der Waals surface area (Å²) in [4.78, 5) is 25.0. The monoisotopic (exact) mass is 352 g/mol. The van der Waals surface area contributed by atoms with Gasteiger partial charge >= 0.3 is 0 Å². The van der Waals surface area contributed by atoms with Gasteiger partial charge in [0.15, 0.2) is 0 Å². The van der Waals surface area contributed by atoms with Gasteiger partial charge in [-0.25, -0.2) is 0 Å². The molecule has 0 fully saturated rings. The zero-order valence-electron chi connectivity index (χ0n) is 15.0. The van der Waals surface area contributed by atoms with Crippen LogP contribution >= 0.6 is 0 Å². The molecule has 0 saturated heterocycles.